The highest BCUT2D eigenvalue weighted by Gasteiger charge is 2.08. The van der Waals surface area contributed by atoms with Gasteiger partial charge in [0.05, 0.1) is 6.04 Å². The van der Waals surface area contributed by atoms with Gasteiger partial charge in [0.25, 0.3) is 0 Å². The second kappa shape index (κ2) is 7.75. The SMILES string of the molecule is Cc1ccccc1OC[C@H](C)NC(=S)Nc1ncccc1C. The van der Waals surface area contributed by atoms with Gasteiger partial charge in [-0.1, -0.05) is 24.3 Å². The van der Waals surface area contributed by atoms with Crippen LogP contribution in [0.5, 0.6) is 5.75 Å². The molecule has 0 saturated carbocycles. The third-order valence-electron chi connectivity index (χ3n) is 3.20. The number of nitrogens with zero attached hydrogens (tertiary/aromatic N) is 1. The zero-order chi connectivity index (χ0) is 15.9. The van der Waals surface area contributed by atoms with Crippen molar-refractivity contribution >= 4 is 23.1 Å². The fraction of sp³-hybridized carbons (Fsp3) is 0.294. The predicted octanol–water partition coefficient (Wildman–Crippen LogP) is 3.45. The number of para-hydroxylation sites is 1. The first-order chi connectivity index (χ1) is 10.6. The number of aromatic nitrogens is 1. The Labute approximate surface area is 136 Å². The van der Waals surface area contributed by atoms with E-state index < -0.39 is 0 Å². The van der Waals surface area contributed by atoms with E-state index in [-0.39, 0.29) is 6.04 Å². The van der Waals surface area contributed by atoms with Gasteiger partial charge in [0.2, 0.25) is 0 Å². The number of pyridine rings is 1. The van der Waals surface area contributed by atoms with E-state index in [0.29, 0.717) is 11.7 Å². The van der Waals surface area contributed by atoms with Gasteiger partial charge >= 0.3 is 0 Å². The number of rotatable bonds is 5. The van der Waals surface area contributed by atoms with Crippen molar-refractivity contribution in [2.24, 2.45) is 0 Å². The lowest BCUT2D eigenvalue weighted by Crippen LogP contribution is -2.39. The second-order valence-corrected chi connectivity index (χ2v) is 5.65. The Morgan fingerprint density at radius 2 is 1.91 bits per heavy atom. The lowest BCUT2D eigenvalue weighted by atomic mass is 10.2. The monoisotopic (exact) mass is 315 g/mol. The quantitative estimate of drug-likeness (QED) is 0.828. The molecule has 0 saturated heterocycles. The van der Waals surface area contributed by atoms with Crippen molar-refractivity contribution in [3.63, 3.8) is 0 Å². The standard InChI is InChI=1S/C17H21N3OS/c1-12-7-4-5-9-15(12)21-11-14(3)19-17(22)20-16-13(2)8-6-10-18-16/h4-10,14H,11H2,1-3H3,(H2,18,19,20,22)/t14-/m0/s1. The Kier molecular flexibility index (Phi) is 5.72. The van der Waals surface area contributed by atoms with Crippen molar-refractivity contribution < 1.29 is 4.74 Å². The lowest BCUT2D eigenvalue weighted by Gasteiger charge is -2.18. The third kappa shape index (κ3) is 4.70. The summed E-state index contributed by atoms with van der Waals surface area (Å²) in [6.45, 7) is 6.58. The molecular formula is C17H21N3OS. The molecule has 2 N–H and O–H groups in total. The fourth-order valence-electron chi connectivity index (χ4n) is 1.96. The summed E-state index contributed by atoms with van der Waals surface area (Å²) in [5, 5.41) is 6.85. The molecule has 0 aliphatic rings. The van der Waals surface area contributed by atoms with Crippen LogP contribution in [0.3, 0.4) is 0 Å². The van der Waals surface area contributed by atoms with Gasteiger partial charge < -0.3 is 15.4 Å². The third-order valence-corrected chi connectivity index (χ3v) is 3.42. The van der Waals surface area contributed by atoms with Gasteiger partial charge in [0, 0.05) is 6.20 Å². The molecule has 0 spiro atoms. The van der Waals surface area contributed by atoms with E-state index in [2.05, 4.69) is 15.6 Å². The molecule has 1 aromatic carbocycles. The molecule has 0 aliphatic heterocycles. The van der Waals surface area contributed by atoms with E-state index >= 15 is 0 Å². The molecule has 0 aliphatic carbocycles. The molecule has 0 fully saturated rings. The summed E-state index contributed by atoms with van der Waals surface area (Å²) >= 11 is 5.31. The van der Waals surface area contributed by atoms with Crippen molar-refractivity contribution in [3.05, 3.63) is 53.7 Å². The summed E-state index contributed by atoms with van der Waals surface area (Å²) in [5.41, 5.74) is 2.18. The minimum atomic E-state index is 0.0867. The zero-order valence-electron chi connectivity index (χ0n) is 13.1. The van der Waals surface area contributed by atoms with Crippen LogP contribution in [0.1, 0.15) is 18.1 Å². The summed E-state index contributed by atoms with van der Waals surface area (Å²) in [6.07, 6.45) is 1.74. The van der Waals surface area contributed by atoms with E-state index in [9.17, 15) is 0 Å². The van der Waals surface area contributed by atoms with Crippen LogP contribution >= 0.6 is 12.2 Å². The Morgan fingerprint density at radius 3 is 2.64 bits per heavy atom. The van der Waals surface area contributed by atoms with Crippen LogP contribution in [0.25, 0.3) is 0 Å². The van der Waals surface area contributed by atoms with Crippen molar-refractivity contribution in [2.45, 2.75) is 26.8 Å². The number of hydrogen-bond donors (Lipinski definition) is 2. The number of nitrogens with one attached hydrogen (secondary N) is 2. The number of hydrogen-bond acceptors (Lipinski definition) is 3. The lowest BCUT2D eigenvalue weighted by molar-refractivity contribution is 0.285. The minimum Gasteiger partial charge on any atom is -0.491 e. The Morgan fingerprint density at radius 1 is 1.18 bits per heavy atom. The van der Waals surface area contributed by atoms with Crippen molar-refractivity contribution in [2.75, 3.05) is 11.9 Å². The number of anilines is 1. The molecular weight excluding hydrogens is 294 g/mol. The molecule has 0 radical (unpaired) electrons. The Balaban J connectivity index is 1.82. The highest BCUT2D eigenvalue weighted by molar-refractivity contribution is 7.80. The van der Waals surface area contributed by atoms with Gasteiger partial charge in [-0.3, -0.25) is 0 Å². The van der Waals surface area contributed by atoms with Gasteiger partial charge in [-0.25, -0.2) is 4.98 Å². The maximum Gasteiger partial charge on any atom is 0.172 e. The van der Waals surface area contributed by atoms with E-state index in [4.69, 9.17) is 17.0 Å². The van der Waals surface area contributed by atoms with Crippen LogP contribution in [-0.2, 0) is 0 Å². The number of benzene rings is 1. The molecule has 2 rings (SSSR count). The number of ether oxygens (including phenoxy) is 1. The summed E-state index contributed by atoms with van der Waals surface area (Å²) in [4.78, 5) is 4.26. The van der Waals surface area contributed by atoms with Crippen LogP contribution in [0.2, 0.25) is 0 Å². The first-order valence-corrected chi connectivity index (χ1v) is 7.64. The van der Waals surface area contributed by atoms with Crippen molar-refractivity contribution in [1.29, 1.82) is 0 Å². The highest BCUT2D eigenvalue weighted by Crippen LogP contribution is 2.16. The largest absolute Gasteiger partial charge is 0.491 e. The first-order valence-electron chi connectivity index (χ1n) is 7.24. The topological polar surface area (TPSA) is 46.2 Å². The first kappa shape index (κ1) is 16.2. The maximum atomic E-state index is 5.81. The summed E-state index contributed by atoms with van der Waals surface area (Å²) in [7, 11) is 0. The van der Waals surface area contributed by atoms with Crippen LogP contribution in [-0.4, -0.2) is 22.7 Å². The van der Waals surface area contributed by atoms with Crippen molar-refractivity contribution in [1.82, 2.24) is 10.3 Å². The number of thiocarbonyl (C=S) groups is 1. The van der Waals surface area contributed by atoms with Gasteiger partial charge in [0.1, 0.15) is 18.2 Å². The van der Waals surface area contributed by atoms with Gasteiger partial charge in [-0.05, 0) is 56.2 Å². The van der Waals surface area contributed by atoms with E-state index in [0.717, 1.165) is 22.7 Å². The molecule has 1 aromatic heterocycles. The van der Waals surface area contributed by atoms with Gasteiger partial charge in [-0.15, -0.1) is 0 Å². The highest BCUT2D eigenvalue weighted by atomic mass is 32.1. The summed E-state index contributed by atoms with van der Waals surface area (Å²) in [5.74, 6) is 1.67. The van der Waals surface area contributed by atoms with Crippen LogP contribution < -0.4 is 15.4 Å². The molecule has 116 valence electrons. The minimum absolute atomic E-state index is 0.0867. The summed E-state index contributed by atoms with van der Waals surface area (Å²) in [6, 6.07) is 11.9. The van der Waals surface area contributed by atoms with Crippen LogP contribution in [0.15, 0.2) is 42.6 Å². The molecule has 4 nitrogen and oxygen atoms in total. The molecule has 0 unspecified atom stereocenters. The van der Waals surface area contributed by atoms with Gasteiger partial charge in [0.15, 0.2) is 5.11 Å². The van der Waals surface area contributed by atoms with E-state index in [1.54, 1.807) is 6.20 Å². The molecule has 22 heavy (non-hydrogen) atoms. The van der Waals surface area contributed by atoms with Crippen LogP contribution in [0.4, 0.5) is 5.82 Å². The predicted molar refractivity (Wildman–Crippen MR) is 94.5 cm³/mol. The van der Waals surface area contributed by atoms with Crippen LogP contribution in [0, 0.1) is 13.8 Å². The average molecular weight is 315 g/mol. The second-order valence-electron chi connectivity index (χ2n) is 5.24. The maximum absolute atomic E-state index is 5.81. The van der Waals surface area contributed by atoms with Gasteiger partial charge in [-0.2, -0.15) is 0 Å². The molecule has 0 bridgehead atoms. The molecule has 2 aromatic rings. The number of aryl methyl sites for hydroxylation is 2. The molecule has 1 atom stereocenters. The van der Waals surface area contributed by atoms with E-state index in [1.807, 2.05) is 57.2 Å². The van der Waals surface area contributed by atoms with E-state index in [1.165, 1.54) is 0 Å². The molecule has 5 heteroatoms. The van der Waals surface area contributed by atoms with Crippen molar-refractivity contribution in [3.8, 4) is 5.75 Å². The normalized spacial score (nSPS) is 11.6. The smallest absolute Gasteiger partial charge is 0.172 e. The summed E-state index contributed by atoms with van der Waals surface area (Å²) < 4.78 is 5.81. The Bertz CT molecular complexity index is 645. The fourth-order valence-corrected chi connectivity index (χ4v) is 2.26. The molecule has 1 heterocycles. The average Bonchev–Trinajstić information content (AvgIpc) is 2.49. The zero-order valence-corrected chi connectivity index (χ0v) is 13.9. The Hall–Kier alpha value is -2.14. The molecule has 0 amide bonds.